The maximum Gasteiger partial charge on any atom is 0.155 e. The minimum absolute atomic E-state index is 0.264. The molecule has 4 aromatic rings. The zero-order chi connectivity index (χ0) is 21.7. The van der Waals surface area contributed by atoms with E-state index in [0.29, 0.717) is 11.3 Å². The van der Waals surface area contributed by atoms with Crippen LogP contribution in [0.15, 0.2) is 48.5 Å². The van der Waals surface area contributed by atoms with Gasteiger partial charge in [-0.1, -0.05) is 44.9 Å². The fourth-order valence-corrected chi connectivity index (χ4v) is 5.12. The summed E-state index contributed by atoms with van der Waals surface area (Å²) in [7, 11) is 0. The third kappa shape index (κ3) is 5.32. The van der Waals surface area contributed by atoms with Crippen LogP contribution in [0.1, 0.15) is 38.1 Å². The van der Waals surface area contributed by atoms with Crippen LogP contribution in [0.2, 0.25) is 0 Å². The number of phenolic OH excluding ortho intramolecular Hbond substituents is 2. The van der Waals surface area contributed by atoms with Gasteiger partial charge in [0.2, 0.25) is 0 Å². The zero-order valence-corrected chi connectivity index (χ0v) is 21.3. The van der Waals surface area contributed by atoms with Crippen molar-refractivity contribution in [2.24, 2.45) is 0 Å². The third-order valence-corrected chi connectivity index (χ3v) is 6.40. The van der Waals surface area contributed by atoms with Crippen molar-refractivity contribution in [1.29, 1.82) is 0 Å². The first kappa shape index (κ1) is 23.0. The van der Waals surface area contributed by atoms with Gasteiger partial charge in [-0.3, -0.25) is 0 Å². The average Bonchev–Trinajstić information content (AvgIpc) is 2.74. The van der Waals surface area contributed by atoms with Gasteiger partial charge in [0.25, 0.3) is 0 Å². The Balaban J connectivity index is 0.000000172. The number of hydrogen-bond acceptors (Lipinski definition) is 4. The average molecular weight is 626 g/mol. The number of phenols is 2. The van der Waals surface area contributed by atoms with Crippen LogP contribution in [0.25, 0.3) is 21.8 Å². The van der Waals surface area contributed by atoms with E-state index in [1.807, 2.05) is 42.5 Å². The van der Waals surface area contributed by atoms with Crippen molar-refractivity contribution in [1.82, 2.24) is 9.97 Å². The van der Waals surface area contributed by atoms with Crippen molar-refractivity contribution < 1.29 is 10.2 Å². The topological polar surface area (TPSA) is 66.2 Å². The van der Waals surface area contributed by atoms with Crippen LogP contribution in [0.3, 0.4) is 0 Å². The summed E-state index contributed by atoms with van der Waals surface area (Å²) in [5.74, 6) is 0.564. The molecule has 30 heavy (non-hydrogen) atoms. The van der Waals surface area contributed by atoms with E-state index in [-0.39, 0.29) is 5.75 Å². The molecule has 0 aliphatic rings. The maximum atomic E-state index is 10.0. The third-order valence-electron chi connectivity index (χ3n) is 4.68. The van der Waals surface area contributed by atoms with E-state index in [1.54, 1.807) is 6.07 Å². The summed E-state index contributed by atoms with van der Waals surface area (Å²) in [4.78, 5) is 8.94. The lowest BCUT2D eigenvalue weighted by Gasteiger charge is -2.07. The second kappa shape index (κ2) is 10.6. The summed E-state index contributed by atoms with van der Waals surface area (Å²) in [6.45, 7) is 4.25. The van der Waals surface area contributed by atoms with Crippen LogP contribution in [-0.2, 0) is 12.8 Å². The van der Waals surface area contributed by atoms with E-state index in [1.165, 1.54) is 0 Å². The number of halogens is 2. The van der Waals surface area contributed by atoms with Gasteiger partial charge in [-0.2, -0.15) is 0 Å². The first-order valence-corrected chi connectivity index (χ1v) is 12.1. The lowest BCUT2D eigenvalue weighted by Crippen LogP contribution is -1.92. The number of pyridine rings is 2. The normalized spacial score (nSPS) is 10.8. The zero-order valence-electron chi connectivity index (χ0n) is 17.0. The predicted molar refractivity (Wildman–Crippen MR) is 140 cm³/mol. The SMILES string of the molecule is CCCc1ccc2c(I)cc(I)c(O)c2n1.CCCc1ccc2cccc(O)c2n1. The lowest BCUT2D eigenvalue weighted by molar-refractivity contribution is 0.476. The molecule has 0 amide bonds. The molecule has 4 rings (SSSR count). The summed E-state index contributed by atoms with van der Waals surface area (Å²) in [5, 5.41) is 21.6. The lowest BCUT2D eigenvalue weighted by atomic mass is 10.1. The summed E-state index contributed by atoms with van der Waals surface area (Å²) in [6.07, 6.45) is 4.06. The molecule has 4 nitrogen and oxygen atoms in total. The molecule has 6 heteroatoms. The molecule has 2 aromatic heterocycles. The molecular weight excluding hydrogens is 602 g/mol. The minimum Gasteiger partial charge on any atom is -0.506 e. The standard InChI is InChI=1S/C12H11I2NO.C12H13NO/c1-2-3-7-4-5-8-9(13)6-10(14)12(16)11(8)15-7;1-2-4-10-8-7-9-5-3-6-11(14)12(9)13-10/h4-6,16H,2-3H2,1H3;3,5-8,14H,2,4H2,1H3. The Hall–Kier alpha value is -1.68. The Labute approximate surface area is 204 Å². The molecule has 0 fully saturated rings. The van der Waals surface area contributed by atoms with Gasteiger partial charge in [-0.05, 0) is 88.4 Å². The fraction of sp³-hybridized carbons (Fsp3) is 0.250. The van der Waals surface area contributed by atoms with Crippen molar-refractivity contribution in [2.75, 3.05) is 0 Å². The summed E-state index contributed by atoms with van der Waals surface area (Å²) in [5.41, 5.74) is 3.52. The van der Waals surface area contributed by atoms with Crippen molar-refractivity contribution in [3.8, 4) is 11.5 Å². The van der Waals surface area contributed by atoms with Crippen molar-refractivity contribution >= 4 is 67.0 Å². The van der Waals surface area contributed by atoms with Crippen molar-refractivity contribution in [3.05, 3.63) is 67.1 Å². The van der Waals surface area contributed by atoms with Crippen LogP contribution in [0.5, 0.6) is 11.5 Å². The highest BCUT2D eigenvalue weighted by Gasteiger charge is 2.10. The number of hydrogen-bond donors (Lipinski definition) is 2. The number of rotatable bonds is 4. The van der Waals surface area contributed by atoms with Crippen LogP contribution < -0.4 is 0 Å². The Morgan fingerprint density at radius 2 is 1.40 bits per heavy atom. The van der Waals surface area contributed by atoms with E-state index in [0.717, 1.165) is 60.5 Å². The Kier molecular flexibility index (Phi) is 8.10. The van der Waals surface area contributed by atoms with Crippen LogP contribution in [0, 0.1) is 7.14 Å². The van der Waals surface area contributed by atoms with Gasteiger partial charge >= 0.3 is 0 Å². The van der Waals surface area contributed by atoms with Crippen molar-refractivity contribution in [2.45, 2.75) is 39.5 Å². The molecule has 156 valence electrons. The Bertz CT molecular complexity index is 1180. The number of aromatic nitrogens is 2. The highest BCUT2D eigenvalue weighted by molar-refractivity contribution is 14.1. The number of benzene rings is 2. The molecule has 0 radical (unpaired) electrons. The predicted octanol–water partition coefficient (Wildman–Crippen LogP) is 7.00. The molecule has 2 heterocycles. The molecule has 0 atom stereocenters. The van der Waals surface area contributed by atoms with Gasteiger partial charge < -0.3 is 10.2 Å². The molecule has 0 spiro atoms. The number of para-hydroxylation sites is 1. The van der Waals surface area contributed by atoms with E-state index >= 15 is 0 Å². The van der Waals surface area contributed by atoms with Gasteiger partial charge in [0.15, 0.2) is 5.75 Å². The Morgan fingerprint density at radius 1 is 0.767 bits per heavy atom. The second-order valence-electron chi connectivity index (χ2n) is 7.04. The first-order chi connectivity index (χ1) is 14.4. The molecule has 0 unspecified atom stereocenters. The van der Waals surface area contributed by atoms with E-state index in [4.69, 9.17) is 0 Å². The van der Waals surface area contributed by atoms with Gasteiger partial charge in [0.1, 0.15) is 16.8 Å². The molecule has 2 N–H and O–H groups in total. The highest BCUT2D eigenvalue weighted by Crippen LogP contribution is 2.32. The first-order valence-electron chi connectivity index (χ1n) is 9.98. The van der Waals surface area contributed by atoms with Gasteiger partial charge in [-0.15, -0.1) is 0 Å². The number of fused-ring (bicyclic) bond motifs is 2. The van der Waals surface area contributed by atoms with Crippen molar-refractivity contribution in [3.63, 3.8) is 0 Å². The smallest absolute Gasteiger partial charge is 0.155 e. The minimum atomic E-state index is 0.264. The molecule has 0 bridgehead atoms. The summed E-state index contributed by atoms with van der Waals surface area (Å²) >= 11 is 4.41. The number of nitrogens with zero attached hydrogens (tertiary/aromatic N) is 2. The summed E-state index contributed by atoms with van der Waals surface area (Å²) < 4.78 is 1.99. The maximum absolute atomic E-state index is 10.0. The van der Waals surface area contributed by atoms with E-state index in [9.17, 15) is 10.2 Å². The Morgan fingerprint density at radius 3 is 2.07 bits per heavy atom. The highest BCUT2D eigenvalue weighted by atomic mass is 127. The van der Waals surface area contributed by atoms with Gasteiger partial charge in [0.05, 0.1) is 3.57 Å². The van der Waals surface area contributed by atoms with Crippen LogP contribution >= 0.6 is 45.2 Å². The largest absolute Gasteiger partial charge is 0.506 e. The second-order valence-corrected chi connectivity index (χ2v) is 9.36. The van der Waals surface area contributed by atoms with Gasteiger partial charge in [-0.25, -0.2) is 9.97 Å². The molecule has 0 saturated heterocycles. The molecule has 2 aromatic carbocycles. The fourth-order valence-electron chi connectivity index (χ4n) is 3.21. The number of aryl methyl sites for hydroxylation is 2. The molecule has 0 aliphatic carbocycles. The summed E-state index contributed by atoms with van der Waals surface area (Å²) in [6, 6.07) is 15.5. The van der Waals surface area contributed by atoms with Gasteiger partial charge in [0, 0.05) is 25.7 Å². The molecular formula is C24H24I2N2O2. The van der Waals surface area contributed by atoms with Crippen LogP contribution in [-0.4, -0.2) is 20.2 Å². The van der Waals surface area contributed by atoms with E-state index in [2.05, 4.69) is 69.0 Å². The molecule has 0 aliphatic heterocycles. The van der Waals surface area contributed by atoms with E-state index < -0.39 is 0 Å². The molecule has 0 saturated carbocycles. The monoisotopic (exact) mass is 626 g/mol. The van der Waals surface area contributed by atoms with Crippen LogP contribution in [0.4, 0.5) is 0 Å². The number of aromatic hydroxyl groups is 2. The quantitative estimate of drug-likeness (QED) is 0.240.